The smallest absolute Gasteiger partial charge is 0.180 e. The zero-order chi connectivity index (χ0) is 15.0. The van der Waals surface area contributed by atoms with Crippen molar-refractivity contribution in [2.45, 2.75) is 27.3 Å². The summed E-state index contributed by atoms with van der Waals surface area (Å²) in [5.74, 6) is 1.48. The molecule has 3 heterocycles. The number of hydrogen-bond acceptors (Lipinski definition) is 4. The molecule has 3 aromatic rings. The van der Waals surface area contributed by atoms with Gasteiger partial charge in [-0.05, 0) is 20.8 Å². The monoisotopic (exact) mass is 286 g/mol. The topological polar surface area (TPSA) is 84.6 Å². The molecular weight excluding hydrogens is 268 g/mol. The Kier molecular flexibility index (Phi) is 3.34. The van der Waals surface area contributed by atoms with Crippen molar-refractivity contribution < 1.29 is 5.11 Å². The maximum absolute atomic E-state index is 9.12. The molecule has 0 radical (unpaired) electrons. The number of aromatic nitrogens is 6. The van der Waals surface area contributed by atoms with Gasteiger partial charge in [0.1, 0.15) is 0 Å². The van der Waals surface area contributed by atoms with Gasteiger partial charge in [0.05, 0.1) is 30.2 Å². The summed E-state index contributed by atoms with van der Waals surface area (Å²) < 4.78 is 3.78. The summed E-state index contributed by atoms with van der Waals surface area (Å²) in [5, 5.41) is 13.6. The van der Waals surface area contributed by atoms with E-state index in [1.807, 2.05) is 36.2 Å². The molecule has 0 aliphatic carbocycles. The van der Waals surface area contributed by atoms with Gasteiger partial charge in [0.2, 0.25) is 0 Å². The molecule has 0 aliphatic rings. The lowest BCUT2D eigenvalue weighted by Gasteiger charge is -2.07. The molecule has 0 bridgehead atoms. The standard InChI is InChI=1S/C14H18N6O/c1-9-8-16-13(17-9)14-15-4-5-19(14)12-10(2)18-20(6-7-21)11(12)3/h4-5,8,21H,6-7H2,1-3H3,(H,16,17). The van der Waals surface area contributed by atoms with Crippen LogP contribution in [0.15, 0.2) is 18.6 Å². The van der Waals surface area contributed by atoms with Crippen molar-refractivity contribution in [3.05, 3.63) is 35.7 Å². The molecule has 0 amide bonds. The molecule has 3 rings (SSSR count). The third kappa shape index (κ3) is 2.25. The number of aryl methyl sites for hydroxylation is 2. The van der Waals surface area contributed by atoms with E-state index in [4.69, 9.17) is 5.11 Å². The Morgan fingerprint density at radius 1 is 1.24 bits per heavy atom. The molecule has 0 unspecified atom stereocenters. The highest BCUT2D eigenvalue weighted by atomic mass is 16.3. The average molecular weight is 286 g/mol. The number of H-pyrrole nitrogens is 1. The molecule has 0 fully saturated rings. The molecule has 21 heavy (non-hydrogen) atoms. The van der Waals surface area contributed by atoms with E-state index >= 15 is 0 Å². The van der Waals surface area contributed by atoms with Crippen LogP contribution in [-0.2, 0) is 6.54 Å². The van der Waals surface area contributed by atoms with Crippen LogP contribution in [0.1, 0.15) is 17.1 Å². The van der Waals surface area contributed by atoms with Gasteiger partial charge in [-0.25, -0.2) is 9.97 Å². The quantitative estimate of drug-likeness (QED) is 0.758. The van der Waals surface area contributed by atoms with E-state index in [0.717, 1.165) is 34.4 Å². The molecule has 3 aromatic heterocycles. The second kappa shape index (κ2) is 5.17. The van der Waals surface area contributed by atoms with Gasteiger partial charge >= 0.3 is 0 Å². The number of nitrogens with one attached hydrogen (secondary N) is 1. The largest absolute Gasteiger partial charge is 0.394 e. The lowest BCUT2D eigenvalue weighted by molar-refractivity contribution is 0.268. The van der Waals surface area contributed by atoms with Gasteiger partial charge in [-0.2, -0.15) is 5.10 Å². The van der Waals surface area contributed by atoms with Crippen molar-refractivity contribution in [2.75, 3.05) is 6.61 Å². The fraction of sp³-hybridized carbons (Fsp3) is 0.357. The predicted molar refractivity (Wildman–Crippen MR) is 78.2 cm³/mol. The van der Waals surface area contributed by atoms with E-state index in [0.29, 0.717) is 6.54 Å². The Morgan fingerprint density at radius 2 is 2.05 bits per heavy atom. The number of rotatable bonds is 4. The fourth-order valence-electron chi connectivity index (χ4n) is 2.53. The number of nitrogens with zero attached hydrogens (tertiary/aromatic N) is 5. The van der Waals surface area contributed by atoms with Crippen LogP contribution < -0.4 is 0 Å². The molecule has 0 aliphatic heterocycles. The summed E-state index contributed by atoms with van der Waals surface area (Å²) in [4.78, 5) is 11.9. The van der Waals surface area contributed by atoms with Crippen molar-refractivity contribution in [1.29, 1.82) is 0 Å². The highest BCUT2D eigenvalue weighted by Crippen LogP contribution is 2.24. The number of aromatic amines is 1. The Labute approximate surface area is 122 Å². The van der Waals surface area contributed by atoms with Gasteiger partial charge in [-0.1, -0.05) is 0 Å². The molecule has 0 aromatic carbocycles. The van der Waals surface area contributed by atoms with Crippen LogP contribution in [0.4, 0.5) is 0 Å². The van der Waals surface area contributed by atoms with Gasteiger partial charge in [-0.15, -0.1) is 0 Å². The van der Waals surface area contributed by atoms with Crippen molar-refractivity contribution in [3.8, 4) is 17.3 Å². The zero-order valence-corrected chi connectivity index (χ0v) is 12.3. The Bertz CT molecular complexity index is 766. The van der Waals surface area contributed by atoms with Crippen LogP contribution in [0.3, 0.4) is 0 Å². The van der Waals surface area contributed by atoms with Crippen LogP contribution in [0, 0.1) is 20.8 Å². The summed E-state index contributed by atoms with van der Waals surface area (Å²) >= 11 is 0. The van der Waals surface area contributed by atoms with Crippen molar-refractivity contribution in [1.82, 2.24) is 29.3 Å². The molecule has 0 atom stereocenters. The zero-order valence-electron chi connectivity index (χ0n) is 12.3. The van der Waals surface area contributed by atoms with E-state index in [9.17, 15) is 0 Å². The van der Waals surface area contributed by atoms with Crippen LogP contribution in [0.5, 0.6) is 0 Å². The first-order chi connectivity index (χ1) is 10.1. The number of aliphatic hydroxyl groups is 1. The first-order valence-corrected chi connectivity index (χ1v) is 6.82. The van der Waals surface area contributed by atoms with Crippen molar-refractivity contribution in [2.24, 2.45) is 0 Å². The van der Waals surface area contributed by atoms with Crippen LogP contribution in [0.25, 0.3) is 17.3 Å². The Morgan fingerprint density at radius 3 is 2.71 bits per heavy atom. The van der Waals surface area contributed by atoms with Crippen molar-refractivity contribution in [3.63, 3.8) is 0 Å². The van der Waals surface area contributed by atoms with Crippen LogP contribution in [-0.4, -0.2) is 41.0 Å². The van der Waals surface area contributed by atoms with Crippen LogP contribution in [0.2, 0.25) is 0 Å². The third-order valence-corrected chi connectivity index (χ3v) is 3.45. The SMILES string of the molecule is Cc1cnc(-c2nccn2-c2c(C)nn(CCO)c2C)[nH]1. The fourth-order valence-corrected chi connectivity index (χ4v) is 2.53. The molecular formula is C14H18N6O. The minimum Gasteiger partial charge on any atom is -0.394 e. The molecule has 7 nitrogen and oxygen atoms in total. The predicted octanol–water partition coefficient (Wildman–Crippen LogP) is 1.38. The summed E-state index contributed by atoms with van der Waals surface area (Å²) in [6, 6.07) is 0. The van der Waals surface area contributed by atoms with Gasteiger partial charge in [0.25, 0.3) is 0 Å². The van der Waals surface area contributed by atoms with E-state index in [2.05, 4.69) is 20.1 Å². The molecule has 0 spiro atoms. The molecule has 7 heteroatoms. The lowest BCUT2D eigenvalue weighted by atomic mass is 10.3. The summed E-state index contributed by atoms with van der Waals surface area (Å²) in [6.07, 6.45) is 5.42. The minimum absolute atomic E-state index is 0.0650. The van der Waals surface area contributed by atoms with Gasteiger partial charge in [0, 0.05) is 24.3 Å². The first kappa shape index (κ1) is 13.6. The molecule has 2 N–H and O–H groups in total. The summed E-state index contributed by atoms with van der Waals surface area (Å²) in [6.45, 7) is 6.45. The van der Waals surface area contributed by atoms with E-state index in [1.165, 1.54) is 0 Å². The number of aliphatic hydroxyl groups excluding tert-OH is 1. The van der Waals surface area contributed by atoms with Crippen molar-refractivity contribution >= 4 is 0 Å². The van der Waals surface area contributed by atoms with Crippen LogP contribution >= 0.6 is 0 Å². The number of imidazole rings is 2. The molecule has 0 saturated carbocycles. The van der Waals surface area contributed by atoms with Gasteiger partial charge < -0.3 is 10.1 Å². The van der Waals surface area contributed by atoms with Gasteiger partial charge in [-0.3, -0.25) is 9.25 Å². The second-order valence-electron chi connectivity index (χ2n) is 5.00. The molecule has 0 saturated heterocycles. The average Bonchev–Trinajstić information content (AvgIpc) is 3.12. The highest BCUT2D eigenvalue weighted by Gasteiger charge is 2.18. The van der Waals surface area contributed by atoms with E-state index < -0.39 is 0 Å². The summed E-state index contributed by atoms with van der Waals surface area (Å²) in [7, 11) is 0. The normalized spacial score (nSPS) is 11.2. The summed E-state index contributed by atoms with van der Waals surface area (Å²) in [5.41, 5.74) is 3.85. The first-order valence-electron chi connectivity index (χ1n) is 6.82. The Hall–Kier alpha value is -2.41. The number of hydrogen-bond donors (Lipinski definition) is 2. The third-order valence-electron chi connectivity index (χ3n) is 3.45. The minimum atomic E-state index is 0.0650. The van der Waals surface area contributed by atoms with E-state index in [1.54, 1.807) is 12.4 Å². The van der Waals surface area contributed by atoms with E-state index in [-0.39, 0.29) is 6.61 Å². The molecule has 110 valence electrons. The maximum atomic E-state index is 9.12. The highest BCUT2D eigenvalue weighted by molar-refractivity contribution is 5.53. The maximum Gasteiger partial charge on any atom is 0.180 e. The Balaban J connectivity index is 2.12. The van der Waals surface area contributed by atoms with Gasteiger partial charge in [0.15, 0.2) is 11.6 Å². The second-order valence-corrected chi connectivity index (χ2v) is 5.00. The lowest BCUT2D eigenvalue weighted by Crippen LogP contribution is -2.06.